The molecule has 0 saturated carbocycles. The zero-order chi connectivity index (χ0) is 31.0. The van der Waals surface area contributed by atoms with Gasteiger partial charge in [0.05, 0.1) is 17.2 Å². The van der Waals surface area contributed by atoms with Crippen LogP contribution < -0.4 is 14.4 Å². The van der Waals surface area contributed by atoms with Crippen molar-refractivity contribution in [1.82, 2.24) is 10.2 Å². The fourth-order valence-electron chi connectivity index (χ4n) is 4.40. The minimum Gasteiger partial charge on any atom is -0.494 e. The highest BCUT2D eigenvalue weighted by Gasteiger charge is 2.34. The summed E-state index contributed by atoms with van der Waals surface area (Å²) in [6.07, 6.45) is 0.280. The van der Waals surface area contributed by atoms with Crippen LogP contribution in [0.25, 0.3) is 0 Å². The minimum absolute atomic E-state index is 0.00961. The third-order valence-corrected chi connectivity index (χ3v) is 9.03. The molecule has 0 aliphatic heterocycles. The Bertz CT molecular complexity index is 1460. The second-order valence-electron chi connectivity index (χ2n) is 10.1. The zero-order valence-electron chi connectivity index (χ0n) is 24.4. The molecule has 1 N–H and O–H groups in total. The van der Waals surface area contributed by atoms with Gasteiger partial charge in [-0.15, -0.1) is 0 Å². The first-order valence-electron chi connectivity index (χ1n) is 13.7. The fourth-order valence-corrected chi connectivity index (χ4v) is 6.33. The molecular weight excluding hydrogens is 597 g/mol. The van der Waals surface area contributed by atoms with Crippen molar-refractivity contribution in [2.75, 3.05) is 17.5 Å². The summed E-state index contributed by atoms with van der Waals surface area (Å²) in [7, 11) is -4.21. The smallest absolute Gasteiger partial charge is 0.264 e. The first kappa shape index (κ1) is 33.2. The van der Waals surface area contributed by atoms with Crippen molar-refractivity contribution in [2.45, 2.75) is 64.6 Å². The van der Waals surface area contributed by atoms with E-state index in [2.05, 4.69) is 5.32 Å². The van der Waals surface area contributed by atoms with E-state index in [1.165, 1.54) is 17.0 Å². The number of rotatable bonds is 13. The quantitative estimate of drug-likeness (QED) is 0.241. The van der Waals surface area contributed by atoms with Crippen LogP contribution in [0.15, 0.2) is 71.6 Å². The van der Waals surface area contributed by atoms with E-state index in [0.717, 1.165) is 9.87 Å². The molecule has 3 aromatic carbocycles. The van der Waals surface area contributed by atoms with Gasteiger partial charge in [0.15, 0.2) is 0 Å². The van der Waals surface area contributed by atoms with E-state index < -0.39 is 28.5 Å². The lowest BCUT2D eigenvalue weighted by molar-refractivity contribution is -0.140. The molecule has 42 heavy (non-hydrogen) atoms. The number of anilines is 1. The highest BCUT2D eigenvalue weighted by molar-refractivity contribution is 7.92. The second-order valence-corrected chi connectivity index (χ2v) is 12.7. The number of amides is 2. The third-order valence-electron chi connectivity index (χ3n) is 6.53. The Morgan fingerprint density at radius 3 is 2.05 bits per heavy atom. The first-order valence-corrected chi connectivity index (χ1v) is 15.9. The Morgan fingerprint density at radius 1 is 0.929 bits per heavy atom. The van der Waals surface area contributed by atoms with Gasteiger partial charge in [-0.05, 0) is 82.6 Å². The lowest BCUT2D eigenvalue weighted by Gasteiger charge is -2.34. The van der Waals surface area contributed by atoms with E-state index in [1.807, 2.05) is 27.7 Å². The molecule has 0 aliphatic rings. The van der Waals surface area contributed by atoms with Crippen LogP contribution in [0.4, 0.5) is 5.69 Å². The van der Waals surface area contributed by atoms with Crippen molar-refractivity contribution >= 4 is 50.7 Å². The molecule has 3 aromatic rings. The Balaban J connectivity index is 2.09. The van der Waals surface area contributed by atoms with Crippen LogP contribution in [-0.4, -0.2) is 50.4 Å². The Morgan fingerprint density at radius 2 is 1.52 bits per heavy atom. The highest BCUT2D eigenvalue weighted by Crippen LogP contribution is 2.29. The second kappa shape index (κ2) is 14.8. The van der Waals surface area contributed by atoms with Gasteiger partial charge in [-0.2, -0.15) is 0 Å². The molecule has 0 aromatic heterocycles. The number of ether oxygens (including phenoxy) is 1. The summed E-state index contributed by atoms with van der Waals surface area (Å²) in [5, 5.41) is 3.53. The van der Waals surface area contributed by atoms with Crippen LogP contribution in [-0.2, 0) is 26.2 Å². The molecule has 11 heteroatoms. The number of halogens is 2. The number of carbonyl (C=O) groups is 2. The largest absolute Gasteiger partial charge is 0.494 e. The van der Waals surface area contributed by atoms with Crippen molar-refractivity contribution in [3.63, 3.8) is 0 Å². The number of hydrogen-bond donors (Lipinski definition) is 1. The van der Waals surface area contributed by atoms with Gasteiger partial charge in [-0.25, -0.2) is 8.42 Å². The Labute approximate surface area is 258 Å². The van der Waals surface area contributed by atoms with Crippen LogP contribution in [0.5, 0.6) is 5.75 Å². The lowest BCUT2D eigenvalue weighted by atomic mass is 10.1. The number of benzene rings is 3. The van der Waals surface area contributed by atoms with E-state index >= 15 is 0 Å². The summed E-state index contributed by atoms with van der Waals surface area (Å²) in [4.78, 5) is 28.8. The lowest BCUT2D eigenvalue weighted by Crippen LogP contribution is -2.53. The Kier molecular flexibility index (Phi) is 11.7. The molecule has 0 aliphatic carbocycles. The maximum atomic E-state index is 14.2. The van der Waals surface area contributed by atoms with Crippen molar-refractivity contribution < 1.29 is 22.7 Å². The summed E-state index contributed by atoms with van der Waals surface area (Å²) < 4.78 is 34.6. The SMILES string of the molecule is CCOc1ccc(S(=O)(=O)N(CC(=O)N(Cc2c(Cl)cccc2Cl)C(CC)C(=O)NC(C)C)c2ccc(C)cc2)cc1. The normalized spacial score (nSPS) is 12.1. The van der Waals surface area contributed by atoms with Crippen LogP contribution >= 0.6 is 23.2 Å². The molecule has 8 nitrogen and oxygen atoms in total. The zero-order valence-corrected chi connectivity index (χ0v) is 26.8. The minimum atomic E-state index is -4.21. The summed E-state index contributed by atoms with van der Waals surface area (Å²) in [6.45, 7) is 8.93. The Hall–Kier alpha value is -3.27. The monoisotopic (exact) mass is 633 g/mol. The highest BCUT2D eigenvalue weighted by atomic mass is 35.5. The van der Waals surface area contributed by atoms with Gasteiger partial charge < -0.3 is 15.0 Å². The van der Waals surface area contributed by atoms with Gasteiger partial charge in [-0.1, -0.05) is 53.9 Å². The van der Waals surface area contributed by atoms with Crippen LogP contribution in [0.2, 0.25) is 10.0 Å². The van der Waals surface area contributed by atoms with E-state index in [-0.39, 0.29) is 29.8 Å². The average molecular weight is 635 g/mol. The number of carbonyl (C=O) groups excluding carboxylic acids is 2. The maximum Gasteiger partial charge on any atom is 0.264 e. The number of nitrogens with one attached hydrogen (secondary N) is 1. The van der Waals surface area contributed by atoms with Crippen LogP contribution in [0, 0.1) is 6.92 Å². The van der Waals surface area contributed by atoms with Gasteiger partial charge >= 0.3 is 0 Å². The summed E-state index contributed by atoms with van der Waals surface area (Å²) >= 11 is 12.9. The first-order chi connectivity index (χ1) is 19.9. The molecule has 0 bridgehead atoms. The van der Waals surface area contributed by atoms with Gasteiger partial charge in [0.25, 0.3) is 10.0 Å². The van der Waals surface area contributed by atoms with Crippen molar-refractivity contribution in [2.24, 2.45) is 0 Å². The van der Waals surface area contributed by atoms with E-state index in [1.54, 1.807) is 61.5 Å². The van der Waals surface area contributed by atoms with Gasteiger partial charge in [0.1, 0.15) is 18.3 Å². The molecule has 1 atom stereocenters. The maximum absolute atomic E-state index is 14.2. The molecular formula is C31H37Cl2N3O5S. The molecule has 0 heterocycles. The predicted octanol–water partition coefficient (Wildman–Crippen LogP) is 6.23. The summed E-state index contributed by atoms with van der Waals surface area (Å²) in [5.41, 5.74) is 1.69. The van der Waals surface area contributed by atoms with E-state index in [0.29, 0.717) is 33.7 Å². The topological polar surface area (TPSA) is 96.0 Å². The fraction of sp³-hybridized carbons (Fsp3) is 0.355. The molecule has 226 valence electrons. The number of aryl methyl sites for hydroxylation is 1. The molecule has 0 spiro atoms. The molecule has 3 rings (SSSR count). The standard InChI is InChI=1S/C31H37Cl2N3O5S/c1-6-29(31(38)34-21(3)4)35(19-26-27(32)9-8-10-28(26)33)30(37)20-36(23-13-11-22(5)12-14-23)42(39,40)25-17-15-24(16-18-25)41-7-2/h8-18,21,29H,6-7,19-20H2,1-5H3,(H,34,38). The number of nitrogens with zero attached hydrogens (tertiary/aromatic N) is 2. The van der Waals surface area contributed by atoms with Crippen LogP contribution in [0.3, 0.4) is 0 Å². The molecule has 0 saturated heterocycles. The van der Waals surface area contributed by atoms with E-state index in [4.69, 9.17) is 27.9 Å². The molecule has 2 amide bonds. The van der Waals surface area contributed by atoms with Crippen molar-refractivity contribution in [3.05, 3.63) is 87.9 Å². The molecule has 1 unspecified atom stereocenters. The van der Waals surface area contributed by atoms with Crippen molar-refractivity contribution in [1.29, 1.82) is 0 Å². The summed E-state index contributed by atoms with van der Waals surface area (Å²) in [5.74, 6) is -0.425. The third kappa shape index (κ3) is 8.18. The van der Waals surface area contributed by atoms with Gasteiger partial charge in [0, 0.05) is 28.2 Å². The summed E-state index contributed by atoms with van der Waals surface area (Å²) in [6, 6.07) is 16.8. The average Bonchev–Trinajstić information content (AvgIpc) is 2.93. The number of hydrogen-bond acceptors (Lipinski definition) is 5. The van der Waals surface area contributed by atoms with Crippen molar-refractivity contribution in [3.8, 4) is 5.75 Å². The molecule has 0 fully saturated rings. The van der Waals surface area contributed by atoms with Gasteiger partial charge in [-0.3, -0.25) is 13.9 Å². The molecule has 0 radical (unpaired) electrons. The predicted molar refractivity (Wildman–Crippen MR) is 168 cm³/mol. The van der Waals surface area contributed by atoms with E-state index in [9.17, 15) is 18.0 Å². The van der Waals surface area contributed by atoms with Crippen LogP contribution in [0.1, 0.15) is 45.2 Å². The number of sulfonamides is 1. The van der Waals surface area contributed by atoms with Gasteiger partial charge in [0.2, 0.25) is 11.8 Å².